The van der Waals surface area contributed by atoms with Crippen molar-refractivity contribution >= 4 is 23.2 Å². The fourth-order valence-corrected chi connectivity index (χ4v) is 3.88. The summed E-state index contributed by atoms with van der Waals surface area (Å²) < 4.78 is 7.75. The molecule has 0 fully saturated rings. The van der Waals surface area contributed by atoms with Crippen molar-refractivity contribution in [2.45, 2.75) is 20.8 Å². The number of anilines is 1. The monoisotopic (exact) mass is 372 g/mol. The number of hydrogen-bond donors (Lipinski definition) is 0. The second-order valence-electron chi connectivity index (χ2n) is 7.03. The van der Waals surface area contributed by atoms with Gasteiger partial charge in [-0.2, -0.15) is 0 Å². The topological polar surface area (TPSA) is 34.5 Å². The first kappa shape index (κ1) is 18.1. The maximum Gasteiger partial charge on any atom is 0.258 e. The summed E-state index contributed by atoms with van der Waals surface area (Å²) in [7, 11) is 1.82. The molecule has 0 aliphatic carbocycles. The Morgan fingerprint density at radius 2 is 1.75 bits per heavy atom. The number of carbonyl (C=O) groups excluding carboxylic acids is 1. The number of fused-ring (bicyclic) bond motifs is 1. The van der Waals surface area contributed by atoms with Gasteiger partial charge < -0.3 is 14.2 Å². The first-order chi connectivity index (χ1) is 13.5. The fraction of sp³-hybridized carbons (Fsp3) is 0.208. The Kier molecular flexibility index (Phi) is 4.55. The van der Waals surface area contributed by atoms with Gasteiger partial charge in [0.2, 0.25) is 0 Å². The normalized spacial score (nSPS) is 14.6. The highest BCUT2D eigenvalue weighted by molar-refractivity contribution is 6.35. The number of likely N-dealkylation sites (N-methyl/N-ethyl adjacent to an activating group) is 1. The van der Waals surface area contributed by atoms with Gasteiger partial charge in [0.1, 0.15) is 5.75 Å². The molecule has 142 valence electrons. The molecule has 0 N–H and O–H groups in total. The fourth-order valence-electron chi connectivity index (χ4n) is 3.88. The third kappa shape index (κ3) is 2.91. The summed E-state index contributed by atoms with van der Waals surface area (Å²) >= 11 is 0. The molecular weight excluding hydrogens is 348 g/mol. The lowest BCUT2D eigenvalue weighted by atomic mass is 10.0. The summed E-state index contributed by atoms with van der Waals surface area (Å²) in [6.45, 7) is 6.81. The van der Waals surface area contributed by atoms with E-state index in [1.54, 1.807) is 4.90 Å². The number of amides is 1. The van der Waals surface area contributed by atoms with E-state index in [4.69, 9.17) is 4.74 Å². The molecule has 28 heavy (non-hydrogen) atoms. The molecular formula is C24H24N2O2. The van der Waals surface area contributed by atoms with E-state index in [1.807, 2.05) is 56.4 Å². The highest BCUT2D eigenvalue weighted by Crippen LogP contribution is 2.37. The number of rotatable bonds is 4. The zero-order valence-corrected chi connectivity index (χ0v) is 16.7. The van der Waals surface area contributed by atoms with E-state index in [0.717, 1.165) is 45.2 Å². The van der Waals surface area contributed by atoms with Crippen molar-refractivity contribution < 1.29 is 9.53 Å². The van der Waals surface area contributed by atoms with E-state index in [1.165, 1.54) is 0 Å². The van der Waals surface area contributed by atoms with Crippen LogP contribution in [0.2, 0.25) is 0 Å². The molecule has 1 aromatic heterocycles. The predicted octanol–water partition coefficient (Wildman–Crippen LogP) is 5.01. The number of aromatic nitrogens is 1. The zero-order valence-electron chi connectivity index (χ0n) is 16.7. The minimum absolute atomic E-state index is 0.0343. The summed E-state index contributed by atoms with van der Waals surface area (Å²) in [6.07, 6.45) is 2.01. The van der Waals surface area contributed by atoms with Crippen molar-refractivity contribution in [3.05, 3.63) is 77.1 Å². The summed E-state index contributed by atoms with van der Waals surface area (Å²) in [5.41, 5.74) is 7.05. The van der Waals surface area contributed by atoms with Gasteiger partial charge >= 0.3 is 0 Å². The van der Waals surface area contributed by atoms with Crippen LogP contribution >= 0.6 is 0 Å². The molecule has 0 bridgehead atoms. The second-order valence-corrected chi connectivity index (χ2v) is 7.03. The zero-order chi connectivity index (χ0) is 19.8. The molecule has 0 spiro atoms. The van der Waals surface area contributed by atoms with Gasteiger partial charge in [0, 0.05) is 35.3 Å². The molecule has 3 aromatic rings. The minimum atomic E-state index is 0.0343. The van der Waals surface area contributed by atoms with Gasteiger partial charge in [-0.1, -0.05) is 18.2 Å². The van der Waals surface area contributed by atoms with Crippen LogP contribution in [0.25, 0.3) is 17.3 Å². The number of carbonyl (C=O) groups is 1. The van der Waals surface area contributed by atoms with Crippen LogP contribution in [0.5, 0.6) is 5.75 Å². The van der Waals surface area contributed by atoms with Crippen LogP contribution in [0, 0.1) is 13.8 Å². The van der Waals surface area contributed by atoms with Crippen LogP contribution in [-0.4, -0.2) is 24.1 Å². The number of para-hydroxylation sites is 1. The molecule has 2 heterocycles. The molecule has 1 aliphatic rings. The Morgan fingerprint density at radius 1 is 1.04 bits per heavy atom. The van der Waals surface area contributed by atoms with Gasteiger partial charge in [0.05, 0.1) is 12.3 Å². The minimum Gasteiger partial charge on any atom is -0.494 e. The highest BCUT2D eigenvalue weighted by Gasteiger charge is 2.29. The molecule has 2 aromatic carbocycles. The first-order valence-corrected chi connectivity index (χ1v) is 9.52. The number of ether oxygens (including phenoxy) is 1. The predicted molar refractivity (Wildman–Crippen MR) is 114 cm³/mol. The molecule has 4 heteroatoms. The van der Waals surface area contributed by atoms with Crippen LogP contribution in [0.4, 0.5) is 5.69 Å². The van der Waals surface area contributed by atoms with Gasteiger partial charge in [-0.25, -0.2) is 0 Å². The average Bonchev–Trinajstić information content (AvgIpc) is 3.11. The Balaban J connectivity index is 1.76. The number of aryl methyl sites for hydroxylation is 1. The van der Waals surface area contributed by atoms with E-state index in [0.29, 0.717) is 6.61 Å². The Hall–Kier alpha value is -3.27. The van der Waals surface area contributed by atoms with E-state index in [9.17, 15) is 4.79 Å². The van der Waals surface area contributed by atoms with Crippen molar-refractivity contribution in [1.82, 2.24) is 4.57 Å². The summed E-state index contributed by atoms with van der Waals surface area (Å²) in [4.78, 5) is 14.5. The molecule has 0 saturated carbocycles. The third-order valence-corrected chi connectivity index (χ3v) is 5.27. The van der Waals surface area contributed by atoms with Crippen LogP contribution < -0.4 is 9.64 Å². The van der Waals surface area contributed by atoms with Gasteiger partial charge in [-0.15, -0.1) is 0 Å². The van der Waals surface area contributed by atoms with E-state index < -0.39 is 0 Å². The Morgan fingerprint density at radius 3 is 2.46 bits per heavy atom. The summed E-state index contributed by atoms with van der Waals surface area (Å²) in [5.74, 6) is 0.902. The molecule has 4 rings (SSSR count). The lowest BCUT2D eigenvalue weighted by Gasteiger charge is -2.11. The third-order valence-electron chi connectivity index (χ3n) is 5.27. The maximum atomic E-state index is 12.8. The van der Waals surface area contributed by atoms with Crippen LogP contribution in [0.15, 0.2) is 54.6 Å². The van der Waals surface area contributed by atoms with Crippen molar-refractivity contribution in [3.63, 3.8) is 0 Å². The van der Waals surface area contributed by atoms with Crippen LogP contribution in [-0.2, 0) is 4.79 Å². The molecule has 4 nitrogen and oxygen atoms in total. The number of hydrogen-bond acceptors (Lipinski definition) is 2. The number of benzene rings is 2. The largest absolute Gasteiger partial charge is 0.494 e. The van der Waals surface area contributed by atoms with Crippen molar-refractivity contribution in [2.24, 2.45) is 0 Å². The molecule has 0 atom stereocenters. The van der Waals surface area contributed by atoms with E-state index in [2.05, 4.69) is 36.6 Å². The standard InChI is InChI=1S/C24H24N2O2/c1-5-28-20-12-10-19(11-13-20)26-16(2)14-18(17(26)3)15-22-21-8-6-7-9-23(21)25(4)24(22)27/h6-15H,5H2,1-4H3/b22-15+. The van der Waals surface area contributed by atoms with Gasteiger partial charge in [-0.3, -0.25) is 4.79 Å². The highest BCUT2D eigenvalue weighted by atomic mass is 16.5. The SMILES string of the molecule is CCOc1ccc(-n2c(C)cc(/C=C3/C(=O)N(C)c4ccccc43)c2C)cc1. The smallest absolute Gasteiger partial charge is 0.258 e. The van der Waals surface area contributed by atoms with Gasteiger partial charge in [-0.05, 0) is 68.8 Å². The Bertz CT molecular complexity index is 1070. The molecule has 1 amide bonds. The lowest BCUT2D eigenvalue weighted by molar-refractivity contribution is -0.112. The molecule has 0 unspecified atom stereocenters. The van der Waals surface area contributed by atoms with Crippen molar-refractivity contribution in [2.75, 3.05) is 18.6 Å². The van der Waals surface area contributed by atoms with Crippen LogP contribution in [0.1, 0.15) is 29.4 Å². The average molecular weight is 372 g/mol. The van der Waals surface area contributed by atoms with Gasteiger partial charge in [0.15, 0.2) is 0 Å². The van der Waals surface area contributed by atoms with E-state index >= 15 is 0 Å². The molecule has 0 radical (unpaired) electrons. The second kappa shape index (κ2) is 7.04. The van der Waals surface area contributed by atoms with Gasteiger partial charge in [0.25, 0.3) is 5.91 Å². The van der Waals surface area contributed by atoms with Crippen molar-refractivity contribution in [1.29, 1.82) is 0 Å². The lowest BCUT2D eigenvalue weighted by Crippen LogP contribution is -2.20. The quantitative estimate of drug-likeness (QED) is 0.603. The Labute approximate surface area is 165 Å². The molecule has 1 aliphatic heterocycles. The summed E-state index contributed by atoms with van der Waals surface area (Å²) in [6, 6.07) is 18.2. The van der Waals surface area contributed by atoms with Crippen LogP contribution in [0.3, 0.4) is 0 Å². The number of nitrogens with zero attached hydrogens (tertiary/aromatic N) is 2. The molecule has 0 saturated heterocycles. The maximum absolute atomic E-state index is 12.8. The van der Waals surface area contributed by atoms with Crippen molar-refractivity contribution in [3.8, 4) is 11.4 Å². The first-order valence-electron chi connectivity index (χ1n) is 9.52. The van der Waals surface area contributed by atoms with E-state index in [-0.39, 0.29) is 5.91 Å². The summed E-state index contributed by atoms with van der Waals surface area (Å²) in [5, 5.41) is 0.